The Bertz CT molecular complexity index is 812. The number of carbonyl (C=O) groups excluding carboxylic acids is 2. The van der Waals surface area contributed by atoms with E-state index in [-0.39, 0.29) is 29.2 Å². The molecule has 5 heteroatoms. The fraction of sp³-hybridized carbons (Fsp3) is 0.421. The fourth-order valence-corrected chi connectivity index (χ4v) is 4.56. The van der Waals surface area contributed by atoms with E-state index >= 15 is 0 Å². The fourth-order valence-electron chi connectivity index (χ4n) is 4.16. The molecule has 0 N–H and O–H groups in total. The number of fused-ring (bicyclic) bond motifs is 1. The van der Waals surface area contributed by atoms with Crippen LogP contribution in [0, 0.1) is 11.7 Å². The number of aliphatic imine (C=N–C) groups is 1. The minimum atomic E-state index is -0.364. The Kier molecular flexibility index (Phi) is 3.99. The molecule has 1 aromatic rings. The van der Waals surface area contributed by atoms with E-state index in [1.54, 1.807) is 12.1 Å². The quantitative estimate of drug-likeness (QED) is 0.709. The molecule has 3 aliphatic rings. The van der Waals surface area contributed by atoms with Crippen LogP contribution in [0.25, 0.3) is 0 Å². The van der Waals surface area contributed by atoms with Gasteiger partial charge >= 0.3 is 0 Å². The first kappa shape index (κ1) is 15.9. The summed E-state index contributed by atoms with van der Waals surface area (Å²) in [4.78, 5) is 30.0. The maximum absolute atomic E-state index is 13.7. The van der Waals surface area contributed by atoms with E-state index in [0.717, 1.165) is 42.7 Å². The predicted molar refractivity (Wildman–Crippen MR) is 92.5 cm³/mol. The third kappa shape index (κ3) is 2.50. The normalized spacial score (nSPS) is 26.8. The molecule has 1 aromatic carbocycles. The van der Waals surface area contributed by atoms with Gasteiger partial charge in [-0.2, -0.15) is 0 Å². The molecule has 1 fully saturated rings. The summed E-state index contributed by atoms with van der Waals surface area (Å²) in [6.45, 7) is 0. The van der Waals surface area contributed by atoms with Gasteiger partial charge in [0.15, 0.2) is 5.78 Å². The largest absolute Gasteiger partial charge is 0.299 e. The average Bonchev–Trinajstić information content (AvgIpc) is 2.56. The highest BCUT2D eigenvalue weighted by Gasteiger charge is 2.44. The Morgan fingerprint density at radius 1 is 1.04 bits per heavy atom. The zero-order valence-electron chi connectivity index (χ0n) is 13.1. The van der Waals surface area contributed by atoms with Gasteiger partial charge in [0.1, 0.15) is 11.6 Å². The summed E-state index contributed by atoms with van der Waals surface area (Å²) in [6.07, 6.45) is 4.25. The number of allylic oxidation sites excluding steroid dienone is 2. The van der Waals surface area contributed by atoms with E-state index in [1.165, 1.54) is 6.07 Å². The van der Waals surface area contributed by atoms with Crippen LogP contribution in [0.2, 0.25) is 0 Å². The van der Waals surface area contributed by atoms with Crippen LogP contribution in [0.5, 0.6) is 0 Å². The molecule has 0 amide bonds. The number of nitrogens with zero attached hydrogens (tertiary/aromatic N) is 1. The Balaban J connectivity index is 1.91. The summed E-state index contributed by atoms with van der Waals surface area (Å²) in [7, 11) is 0. The maximum Gasteiger partial charge on any atom is 0.161 e. The van der Waals surface area contributed by atoms with Gasteiger partial charge < -0.3 is 0 Å². The molecule has 0 saturated heterocycles. The average molecular weight is 390 g/mol. The van der Waals surface area contributed by atoms with Gasteiger partial charge in [-0.3, -0.25) is 14.6 Å². The van der Waals surface area contributed by atoms with Crippen molar-refractivity contribution < 1.29 is 14.0 Å². The molecule has 0 radical (unpaired) electrons. The minimum absolute atomic E-state index is 0.0860. The lowest BCUT2D eigenvalue weighted by Gasteiger charge is -2.37. The van der Waals surface area contributed by atoms with Gasteiger partial charge in [0, 0.05) is 35.7 Å². The first-order chi connectivity index (χ1) is 11.6. The summed E-state index contributed by atoms with van der Waals surface area (Å²) in [5.74, 6) is -0.789. The highest BCUT2D eigenvalue weighted by atomic mass is 79.9. The van der Waals surface area contributed by atoms with Crippen molar-refractivity contribution in [1.82, 2.24) is 0 Å². The Hall–Kier alpha value is -1.62. The molecule has 1 heterocycles. The molecule has 3 nitrogen and oxygen atoms in total. The number of halogens is 2. The second kappa shape index (κ2) is 6.03. The van der Waals surface area contributed by atoms with E-state index < -0.39 is 0 Å². The van der Waals surface area contributed by atoms with Crippen LogP contribution >= 0.6 is 15.9 Å². The van der Waals surface area contributed by atoms with Gasteiger partial charge in [0.25, 0.3) is 0 Å². The Morgan fingerprint density at radius 2 is 1.83 bits per heavy atom. The molecule has 1 saturated carbocycles. The van der Waals surface area contributed by atoms with Crippen molar-refractivity contribution in [1.29, 1.82) is 0 Å². The molecule has 2 aliphatic carbocycles. The minimum Gasteiger partial charge on any atom is -0.299 e. The van der Waals surface area contributed by atoms with Crippen molar-refractivity contribution in [2.24, 2.45) is 10.9 Å². The third-order valence-corrected chi connectivity index (χ3v) is 5.82. The number of rotatable bonds is 1. The number of carbonyl (C=O) groups is 2. The van der Waals surface area contributed by atoms with Crippen LogP contribution in [-0.4, -0.2) is 17.3 Å². The summed E-state index contributed by atoms with van der Waals surface area (Å²) >= 11 is 3.23. The predicted octanol–water partition coefficient (Wildman–Crippen LogP) is 4.50. The van der Waals surface area contributed by atoms with Crippen LogP contribution in [0.1, 0.15) is 50.0 Å². The molecule has 0 aromatic heterocycles. The van der Waals surface area contributed by atoms with E-state index in [9.17, 15) is 14.0 Å². The van der Waals surface area contributed by atoms with Gasteiger partial charge in [-0.1, -0.05) is 6.07 Å². The topological polar surface area (TPSA) is 46.5 Å². The summed E-state index contributed by atoms with van der Waals surface area (Å²) in [5.41, 5.74) is 3.25. The van der Waals surface area contributed by atoms with Crippen molar-refractivity contribution in [3.05, 3.63) is 45.3 Å². The maximum atomic E-state index is 13.7. The van der Waals surface area contributed by atoms with E-state index in [4.69, 9.17) is 4.99 Å². The smallest absolute Gasteiger partial charge is 0.161 e. The number of Topliss-reactive ketones (excluding diaryl/α,β-unsaturated/α-hetero) is 2. The number of benzene rings is 1. The van der Waals surface area contributed by atoms with Crippen LogP contribution in [0.3, 0.4) is 0 Å². The Labute approximate surface area is 148 Å². The zero-order chi connectivity index (χ0) is 16.8. The lowest BCUT2D eigenvalue weighted by Crippen LogP contribution is -2.39. The van der Waals surface area contributed by atoms with Crippen LogP contribution in [0.4, 0.5) is 4.39 Å². The van der Waals surface area contributed by atoms with E-state index in [2.05, 4.69) is 15.9 Å². The molecule has 1 aliphatic heterocycles. The number of hydrogen-bond acceptors (Lipinski definition) is 3. The molecule has 2 unspecified atom stereocenters. The molecule has 2 atom stereocenters. The monoisotopic (exact) mass is 389 g/mol. The molecule has 0 spiro atoms. The van der Waals surface area contributed by atoms with Crippen molar-refractivity contribution >= 4 is 33.2 Å². The van der Waals surface area contributed by atoms with Gasteiger partial charge in [-0.15, -0.1) is 0 Å². The summed E-state index contributed by atoms with van der Waals surface area (Å²) in [6, 6.07) is 4.80. The summed E-state index contributed by atoms with van der Waals surface area (Å²) in [5, 5.41) is 0. The highest BCUT2D eigenvalue weighted by Crippen LogP contribution is 2.46. The van der Waals surface area contributed by atoms with Crippen LogP contribution < -0.4 is 0 Å². The molecule has 124 valence electrons. The number of hydrogen-bond donors (Lipinski definition) is 0. The molecular formula is C19H17BrFNO2. The third-order valence-electron chi connectivity index (χ3n) is 5.22. The van der Waals surface area contributed by atoms with Crippen LogP contribution in [-0.2, 0) is 9.59 Å². The Morgan fingerprint density at radius 3 is 2.62 bits per heavy atom. The van der Waals surface area contributed by atoms with Crippen molar-refractivity contribution in [3.8, 4) is 0 Å². The second-order valence-electron chi connectivity index (χ2n) is 6.69. The van der Waals surface area contributed by atoms with Crippen molar-refractivity contribution in [2.75, 3.05) is 0 Å². The van der Waals surface area contributed by atoms with Gasteiger partial charge in [-0.25, -0.2) is 4.39 Å². The standard InChI is InChI=1S/C19H17BrFNO2/c20-11-9-10(7-8-12(11)21)17-18-13(3-1-5-15(18)23)22-14-4-2-6-16(24)19(14)17/h7-9,17-18H,1-6H2. The molecular weight excluding hydrogens is 373 g/mol. The first-order valence-electron chi connectivity index (χ1n) is 8.37. The van der Waals surface area contributed by atoms with Crippen molar-refractivity contribution in [3.63, 3.8) is 0 Å². The molecule has 4 rings (SSSR count). The lowest BCUT2D eigenvalue weighted by atomic mass is 9.67. The SMILES string of the molecule is O=C1CCCC2=C1C(c1ccc(F)c(Br)c1)C1C(=O)CCCC1=N2. The molecule has 0 bridgehead atoms. The van der Waals surface area contributed by atoms with Crippen LogP contribution in [0.15, 0.2) is 38.9 Å². The summed E-state index contributed by atoms with van der Waals surface area (Å²) < 4.78 is 14.0. The van der Waals surface area contributed by atoms with Gasteiger partial charge in [-0.05, 0) is 59.3 Å². The lowest BCUT2D eigenvalue weighted by molar-refractivity contribution is -0.122. The first-order valence-corrected chi connectivity index (χ1v) is 9.17. The van der Waals surface area contributed by atoms with Crippen molar-refractivity contribution in [2.45, 2.75) is 44.4 Å². The second-order valence-corrected chi connectivity index (χ2v) is 7.54. The van der Waals surface area contributed by atoms with Gasteiger partial charge in [0.05, 0.1) is 10.4 Å². The van der Waals surface area contributed by atoms with E-state index in [0.29, 0.717) is 22.9 Å². The highest BCUT2D eigenvalue weighted by molar-refractivity contribution is 9.10. The van der Waals surface area contributed by atoms with E-state index in [1.807, 2.05) is 0 Å². The number of ketones is 2. The zero-order valence-corrected chi connectivity index (χ0v) is 14.7. The van der Waals surface area contributed by atoms with Gasteiger partial charge in [0.2, 0.25) is 0 Å². The molecule has 24 heavy (non-hydrogen) atoms.